The first-order valence-electron chi connectivity index (χ1n) is 5.18. The van der Waals surface area contributed by atoms with E-state index < -0.39 is 0 Å². The summed E-state index contributed by atoms with van der Waals surface area (Å²) in [6, 6.07) is 0. The average molecular weight is 280 g/mol. The third kappa shape index (κ3) is 4.49. The molecule has 1 atom stereocenters. The van der Waals surface area contributed by atoms with Gasteiger partial charge in [0.25, 0.3) is 0 Å². The minimum atomic E-state index is 0.0922. The molecule has 0 radical (unpaired) electrons. The fourth-order valence-corrected chi connectivity index (χ4v) is 2.11. The van der Waals surface area contributed by atoms with Crippen LogP contribution < -0.4 is 0 Å². The maximum atomic E-state index is 11.6. The van der Waals surface area contributed by atoms with E-state index >= 15 is 0 Å². The first-order chi connectivity index (χ1) is 7.27. The van der Waals surface area contributed by atoms with Gasteiger partial charge in [-0.25, -0.2) is 0 Å². The van der Waals surface area contributed by atoms with Crippen molar-refractivity contribution in [3.8, 4) is 0 Å². The van der Waals surface area contributed by atoms with Crippen LogP contribution in [0.1, 0.15) is 6.42 Å². The summed E-state index contributed by atoms with van der Waals surface area (Å²) in [5.74, 6) is 0.697. The Bertz CT molecular complexity index is 201. The van der Waals surface area contributed by atoms with E-state index in [1.54, 1.807) is 7.11 Å². The molecule has 0 N–H and O–H groups in total. The molecule has 1 amide bonds. The van der Waals surface area contributed by atoms with Crippen LogP contribution >= 0.6 is 15.9 Å². The van der Waals surface area contributed by atoms with Crippen molar-refractivity contribution >= 4 is 21.8 Å². The number of halogens is 1. The van der Waals surface area contributed by atoms with Crippen molar-refractivity contribution in [2.24, 2.45) is 5.92 Å². The van der Waals surface area contributed by atoms with Crippen molar-refractivity contribution < 1.29 is 14.3 Å². The van der Waals surface area contributed by atoms with Gasteiger partial charge in [-0.3, -0.25) is 4.79 Å². The molecule has 0 aromatic heterocycles. The van der Waals surface area contributed by atoms with Crippen LogP contribution in [0.25, 0.3) is 0 Å². The number of carbonyl (C=O) groups excluding carboxylic acids is 1. The van der Waals surface area contributed by atoms with Crippen molar-refractivity contribution in [1.82, 2.24) is 4.90 Å². The summed E-state index contributed by atoms with van der Waals surface area (Å²) < 4.78 is 10.0. The van der Waals surface area contributed by atoms with Crippen LogP contribution in [0.15, 0.2) is 0 Å². The van der Waals surface area contributed by atoms with Gasteiger partial charge in [0.1, 0.15) is 6.61 Å². The second-order valence-corrected chi connectivity index (χ2v) is 4.34. The van der Waals surface area contributed by atoms with E-state index in [0.29, 0.717) is 19.1 Å². The fourth-order valence-electron chi connectivity index (χ4n) is 1.58. The topological polar surface area (TPSA) is 38.8 Å². The second-order valence-electron chi connectivity index (χ2n) is 3.69. The highest BCUT2D eigenvalue weighted by molar-refractivity contribution is 9.09. The summed E-state index contributed by atoms with van der Waals surface area (Å²) in [5, 5.41) is 0.974. The number of nitrogens with zero attached hydrogens (tertiary/aromatic N) is 1. The fraction of sp³-hybridized carbons (Fsp3) is 0.900. The highest BCUT2D eigenvalue weighted by Crippen LogP contribution is 2.17. The van der Waals surface area contributed by atoms with Gasteiger partial charge in [-0.1, -0.05) is 15.9 Å². The summed E-state index contributed by atoms with van der Waals surface area (Å²) in [6.45, 7) is 2.92. The van der Waals surface area contributed by atoms with Crippen molar-refractivity contribution in [2.75, 3.05) is 45.4 Å². The molecule has 1 rings (SSSR count). The molecule has 1 saturated heterocycles. The van der Waals surface area contributed by atoms with Gasteiger partial charge in [0, 0.05) is 25.5 Å². The molecule has 15 heavy (non-hydrogen) atoms. The Morgan fingerprint density at radius 3 is 2.93 bits per heavy atom. The molecule has 5 heteroatoms. The molecule has 0 saturated carbocycles. The van der Waals surface area contributed by atoms with Crippen molar-refractivity contribution in [1.29, 1.82) is 0 Å². The number of ether oxygens (including phenoxy) is 2. The second kappa shape index (κ2) is 7.19. The van der Waals surface area contributed by atoms with Gasteiger partial charge in [0.05, 0.1) is 13.2 Å². The van der Waals surface area contributed by atoms with Crippen LogP contribution in [-0.2, 0) is 14.3 Å². The first kappa shape index (κ1) is 12.9. The van der Waals surface area contributed by atoms with E-state index in [4.69, 9.17) is 9.47 Å². The minimum Gasteiger partial charge on any atom is -0.382 e. The number of carbonyl (C=O) groups is 1. The lowest BCUT2D eigenvalue weighted by Gasteiger charge is -2.15. The minimum absolute atomic E-state index is 0.0922. The highest BCUT2D eigenvalue weighted by atomic mass is 79.9. The summed E-state index contributed by atoms with van der Waals surface area (Å²) in [7, 11) is 1.62. The van der Waals surface area contributed by atoms with Crippen LogP contribution in [0, 0.1) is 5.92 Å². The normalized spacial score (nSPS) is 20.9. The van der Waals surface area contributed by atoms with Gasteiger partial charge >= 0.3 is 0 Å². The quantitative estimate of drug-likeness (QED) is 0.536. The number of alkyl halides is 1. The standard InChI is InChI=1S/C10H18BrNO3/c1-14-4-5-15-8-10(13)12-3-2-9(6-11)7-12/h9H,2-8H2,1H3. The molecule has 1 aliphatic heterocycles. The predicted molar refractivity (Wildman–Crippen MR) is 61.2 cm³/mol. The summed E-state index contributed by atoms with van der Waals surface area (Å²) in [5.41, 5.74) is 0. The zero-order valence-corrected chi connectivity index (χ0v) is 10.7. The zero-order chi connectivity index (χ0) is 11.1. The lowest BCUT2D eigenvalue weighted by atomic mass is 10.2. The van der Waals surface area contributed by atoms with Crippen LogP contribution in [0.3, 0.4) is 0 Å². The first-order valence-corrected chi connectivity index (χ1v) is 6.30. The maximum Gasteiger partial charge on any atom is 0.248 e. The van der Waals surface area contributed by atoms with Crippen molar-refractivity contribution in [3.63, 3.8) is 0 Å². The molecule has 4 nitrogen and oxygen atoms in total. The monoisotopic (exact) mass is 279 g/mol. The highest BCUT2D eigenvalue weighted by Gasteiger charge is 2.24. The molecule has 0 aliphatic carbocycles. The number of amides is 1. The Morgan fingerprint density at radius 2 is 2.33 bits per heavy atom. The van der Waals surface area contributed by atoms with Gasteiger partial charge in [-0.2, -0.15) is 0 Å². The van der Waals surface area contributed by atoms with Crippen LogP contribution in [-0.4, -0.2) is 56.2 Å². The lowest BCUT2D eigenvalue weighted by Crippen LogP contribution is -2.32. The van der Waals surface area contributed by atoms with Gasteiger partial charge in [-0.15, -0.1) is 0 Å². The maximum absolute atomic E-state index is 11.6. The Hall–Kier alpha value is -0.130. The Labute approximate surface area is 99.0 Å². The molecule has 0 bridgehead atoms. The van der Waals surface area contributed by atoms with Crippen LogP contribution in [0.2, 0.25) is 0 Å². The van der Waals surface area contributed by atoms with E-state index in [9.17, 15) is 4.79 Å². The third-order valence-corrected chi connectivity index (χ3v) is 3.43. The average Bonchev–Trinajstić information content (AvgIpc) is 2.72. The third-order valence-electron chi connectivity index (χ3n) is 2.51. The molecule has 1 heterocycles. The summed E-state index contributed by atoms with van der Waals surface area (Å²) >= 11 is 3.44. The number of methoxy groups -OCH3 is 1. The Kier molecular flexibility index (Phi) is 6.20. The molecule has 0 aromatic rings. The van der Waals surface area contributed by atoms with E-state index in [1.807, 2.05) is 4.90 Å². The molecule has 88 valence electrons. The molecular formula is C10H18BrNO3. The molecule has 1 aliphatic rings. The summed E-state index contributed by atoms with van der Waals surface area (Å²) in [6.07, 6.45) is 1.09. The largest absolute Gasteiger partial charge is 0.382 e. The van der Waals surface area contributed by atoms with E-state index in [2.05, 4.69) is 15.9 Å². The SMILES string of the molecule is COCCOCC(=O)N1CCC(CBr)C1. The zero-order valence-electron chi connectivity index (χ0n) is 9.08. The van der Waals surface area contributed by atoms with Crippen LogP contribution in [0.5, 0.6) is 0 Å². The number of hydrogen-bond acceptors (Lipinski definition) is 3. The van der Waals surface area contributed by atoms with E-state index in [0.717, 1.165) is 24.8 Å². The van der Waals surface area contributed by atoms with Gasteiger partial charge < -0.3 is 14.4 Å². The molecule has 1 unspecified atom stereocenters. The van der Waals surface area contributed by atoms with Crippen LogP contribution in [0.4, 0.5) is 0 Å². The summed E-state index contributed by atoms with van der Waals surface area (Å²) in [4.78, 5) is 13.5. The van der Waals surface area contributed by atoms with E-state index in [-0.39, 0.29) is 12.5 Å². The van der Waals surface area contributed by atoms with E-state index in [1.165, 1.54) is 0 Å². The van der Waals surface area contributed by atoms with Crippen molar-refractivity contribution in [3.05, 3.63) is 0 Å². The van der Waals surface area contributed by atoms with Crippen molar-refractivity contribution in [2.45, 2.75) is 6.42 Å². The van der Waals surface area contributed by atoms with Gasteiger partial charge in [0.15, 0.2) is 0 Å². The molecule has 0 spiro atoms. The van der Waals surface area contributed by atoms with Gasteiger partial charge in [0.2, 0.25) is 5.91 Å². The molecule has 1 fully saturated rings. The predicted octanol–water partition coefficient (Wildman–Crippen LogP) is 0.893. The Balaban J connectivity index is 2.12. The number of rotatable bonds is 6. The number of hydrogen-bond donors (Lipinski definition) is 0. The lowest BCUT2D eigenvalue weighted by molar-refractivity contribution is -0.135. The molecular weight excluding hydrogens is 262 g/mol. The van der Waals surface area contributed by atoms with Gasteiger partial charge in [-0.05, 0) is 12.3 Å². The molecule has 0 aromatic carbocycles. The smallest absolute Gasteiger partial charge is 0.248 e. The Morgan fingerprint density at radius 1 is 1.53 bits per heavy atom. The number of likely N-dealkylation sites (tertiary alicyclic amines) is 1.